The van der Waals surface area contributed by atoms with Gasteiger partial charge in [-0.2, -0.15) is 0 Å². The highest BCUT2D eigenvalue weighted by atomic mass is 35.5. The normalized spacial score (nSPS) is 11.9. The highest BCUT2D eigenvalue weighted by Crippen LogP contribution is 2.27. The van der Waals surface area contributed by atoms with Gasteiger partial charge in [0.1, 0.15) is 18.3 Å². The highest BCUT2D eigenvalue weighted by Gasteiger charge is 2.34. The molecule has 0 aliphatic carbocycles. The van der Waals surface area contributed by atoms with Crippen LogP contribution in [0.4, 0.5) is 5.69 Å². The van der Waals surface area contributed by atoms with Crippen molar-refractivity contribution in [3.63, 3.8) is 0 Å². The summed E-state index contributed by atoms with van der Waals surface area (Å²) in [5.74, 6) is -0.157. The van der Waals surface area contributed by atoms with Gasteiger partial charge in [0, 0.05) is 24.5 Å². The van der Waals surface area contributed by atoms with Gasteiger partial charge in [0.05, 0.1) is 17.7 Å². The molecule has 45 heavy (non-hydrogen) atoms. The van der Waals surface area contributed by atoms with E-state index in [9.17, 15) is 18.0 Å². The predicted octanol–water partition coefficient (Wildman–Crippen LogP) is 5.96. The summed E-state index contributed by atoms with van der Waals surface area (Å²) in [5, 5.41) is 3.47. The number of carbonyl (C=O) groups is 2. The van der Waals surface area contributed by atoms with Gasteiger partial charge in [0.15, 0.2) is 0 Å². The summed E-state index contributed by atoms with van der Waals surface area (Å²) in [5.41, 5.74) is 1.84. The number of carbonyl (C=O) groups excluding carboxylic acids is 2. The van der Waals surface area contributed by atoms with E-state index in [-0.39, 0.29) is 35.4 Å². The zero-order valence-electron chi connectivity index (χ0n) is 25.6. The third kappa shape index (κ3) is 9.09. The summed E-state index contributed by atoms with van der Waals surface area (Å²) in [6, 6.07) is 29.9. The van der Waals surface area contributed by atoms with Crippen LogP contribution in [0.1, 0.15) is 25.0 Å². The summed E-state index contributed by atoms with van der Waals surface area (Å²) in [4.78, 5) is 29.8. The Morgan fingerprint density at radius 2 is 1.47 bits per heavy atom. The fourth-order valence-corrected chi connectivity index (χ4v) is 6.45. The molecule has 0 aromatic heterocycles. The number of nitrogens with zero attached hydrogens (tertiary/aromatic N) is 2. The molecule has 236 valence electrons. The monoisotopic (exact) mass is 647 g/mol. The molecule has 0 saturated carbocycles. The van der Waals surface area contributed by atoms with E-state index in [1.807, 2.05) is 50.2 Å². The molecule has 0 bridgehead atoms. The second-order valence-electron chi connectivity index (χ2n) is 11.0. The lowest BCUT2D eigenvalue weighted by Gasteiger charge is -2.34. The number of benzene rings is 4. The van der Waals surface area contributed by atoms with Gasteiger partial charge in [0.25, 0.3) is 10.0 Å². The number of rotatable bonds is 14. The maximum Gasteiger partial charge on any atom is 0.264 e. The number of nitrogens with one attached hydrogen (secondary N) is 1. The molecule has 0 heterocycles. The number of ether oxygens (including phenoxy) is 1. The lowest BCUT2D eigenvalue weighted by atomic mass is 10.0. The molecule has 0 aliphatic heterocycles. The van der Waals surface area contributed by atoms with Crippen LogP contribution in [0.5, 0.6) is 5.75 Å². The molecule has 10 heteroatoms. The number of methoxy groups -OCH3 is 1. The topological polar surface area (TPSA) is 96.0 Å². The van der Waals surface area contributed by atoms with Gasteiger partial charge in [-0.3, -0.25) is 13.9 Å². The zero-order valence-corrected chi connectivity index (χ0v) is 27.2. The Morgan fingerprint density at radius 3 is 2.07 bits per heavy atom. The van der Waals surface area contributed by atoms with E-state index in [0.717, 1.165) is 9.87 Å². The second kappa shape index (κ2) is 15.6. The maximum absolute atomic E-state index is 14.5. The quantitative estimate of drug-likeness (QED) is 0.182. The van der Waals surface area contributed by atoms with Crippen molar-refractivity contribution in [3.05, 3.63) is 125 Å². The summed E-state index contributed by atoms with van der Waals surface area (Å²) in [6.45, 7) is 3.88. The first-order chi connectivity index (χ1) is 21.6. The standard InChI is InChI=1S/C35H38ClN3O5S/c1-26(2)23-37-35(41)33(22-27-11-6-4-7-12-27)38(24-28-13-10-14-29(36)21-28)34(40)25-39(30-17-19-31(44-3)20-18-30)45(42,43)32-15-8-5-9-16-32/h4-21,26,33H,22-25H2,1-3H3,(H,37,41). The van der Waals surface area contributed by atoms with Gasteiger partial charge < -0.3 is 15.0 Å². The Balaban J connectivity index is 1.79. The largest absolute Gasteiger partial charge is 0.497 e. The third-order valence-electron chi connectivity index (χ3n) is 7.17. The molecule has 0 aliphatic rings. The number of halogens is 1. The van der Waals surface area contributed by atoms with Crippen molar-refractivity contribution in [1.29, 1.82) is 0 Å². The Hall–Kier alpha value is -4.34. The molecule has 4 aromatic rings. The third-order valence-corrected chi connectivity index (χ3v) is 9.19. The fourth-order valence-electron chi connectivity index (χ4n) is 4.81. The van der Waals surface area contributed by atoms with Crippen molar-refractivity contribution in [2.45, 2.75) is 37.8 Å². The summed E-state index contributed by atoms with van der Waals surface area (Å²) < 4.78 is 34.4. The molecule has 4 rings (SSSR count). The van der Waals surface area contributed by atoms with E-state index in [1.54, 1.807) is 60.7 Å². The van der Waals surface area contributed by atoms with Gasteiger partial charge in [-0.1, -0.05) is 86.1 Å². The van der Waals surface area contributed by atoms with Crippen LogP contribution >= 0.6 is 11.6 Å². The van der Waals surface area contributed by atoms with Crippen LogP contribution < -0.4 is 14.4 Å². The van der Waals surface area contributed by atoms with Gasteiger partial charge in [0.2, 0.25) is 11.8 Å². The Labute approximate surface area is 270 Å². The van der Waals surface area contributed by atoms with Crippen molar-refractivity contribution in [3.8, 4) is 5.75 Å². The van der Waals surface area contributed by atoms with Crippen molar-refractivity contribution >= 4 is 39.1 Å². The Morgan fingerprint density at radius 1 is 0.844 bits per heavy atom. The predicted molar refractivity (Wildman–Crippen MR) is 178 cm³/mol. The van der Waals surface area contributed by atoms with E-state index in [2.05, 4.69) is 5.32 Å². The van der Waals surface area contributed by atoms with Gasteiger partial charge >= 0.3 is 0 Å². The first kappa shape index (κ1) is 33.6. The van der Waals surface area contributed by atoms with Crippen LogP contribution in [-0.2, 0) is 32.6 Å². The fraction of sp³-hybridized carbons (Fsp3) is 0.257. The Bertz CT molecular complexity index is 1670. The number of hydrogen-bond donors (Lipinski definition) is 1. The van der Waals surface area contributed by atoms with E-state index < -0.39 is 28.5 Å². The van der Waals surface area contributed by atoms with Gasteiger partial charge in [-0.25, -0.2) is 8.42 Å². The summed E-state index contributed by atoms with van der Waals surface area (Å²) >= 11 is 6.30. The molecule has 0 spiro atoms. The lowest BCUT2D eigenvalue weighted by Crippen LogP contribution is -2.53. The number of sulfonamides is 1. The van der Waals surface area contributed by atoms with Crippen LogP contribution in [0.25, 0.3) is 0 Å². The molecule has 8 nitrogen and oxygen atoms in total. The first-order valence-corrected chi connectivity index (χ1v) is 16.5. The molecule has 0 fully saturated rings. The van der Waals surface area contributed by atoms with Crippen molar-refractivity contribution in [2.75, 3.05) is 24.5 Å². The van der Waals surface area contributed by atoms with Crippen molar-refractivity contribution in [2.24, 2.45) is 5.92 Å². The molecular formula is C35H38ClN3O5S. The highest BCUT2D eigenvalue weighted by molar-refractivity contribution is 7.92. The first-order valence-electron chi connectivity index (χ1n) is 14.7. The van der Waals surface area contributed by atoms with Crippen LogP contribution in [0.2, 0.25) is 5.02 Å². The zero-order chi connectivity index (χ0) is 32.4. The van der Waals surface area contributed by atoms with Gasteiger partial charge in [-0.15, -0.1) is 0 Å². The maximum atomic E-state index is 14.5. The lowest BCUT2D eigenvalue weighted by molar-refractivity contribution is -0.140. The van der Waals surface area contributed by atoms with Crippen molar-refractivity contribution in [1.82, 2.24) is 10.2 Å². The molecule has 0 saturated heterocycles. The SMILES string of the molecule is COc1ccc(N(CC(=O)N(Cc2cccc(Cl)c2)C(Cc2ccccc2)C(=O)NCC(C)C)S(=O)(=O)c2ccccc2)cc1. The molecule has 1 unspecified atom stereocenters. The number of amides is 2. The van der Waals surface area contributed by atoms with Crippen molar-refractivity contribution < 1.29 is 22.7 Å². The average molecular weight is 648 g/mol. The molecule has 2 amide bonds. The molecule has 1 atom stereocenters. The number of anilines is 1. The summed E-state index contributed by atoms with van der Waals surface area (Å²) in [6.07, 6.45) is 0.227. The minimum atomic E-state index is -4.18. The summed E-state index contributed by atoms with van der Waals surface area (Å²) in [7, 11) is -2.67. The minimum absolute atomic E-state index is 0.0329. The van der Waals surface area contributed by atoms with Gasteiger partial charge in [-0.05, 0) is 65.6 Å². The number of hydrogen-bond acceptors (Lipinski definition) is 5. The second-order valence-corrected chi connectivity index (χ2v) is 13.3. The Kier molecular flexibility index (Phi) is 11.6. The van der Waals surface area contributed by atoms with E-state index in [0.29, 0.717) is 22.9 Å². The van der Waals surface area contributed by atoms with Crippen LogP contribution in [0.3, 0.4) is 0 Å². The van der Waals surface area contributed by atoms with E-state index in [1.165, 1.54) is 24.1 Å². The van der Waals surface area contributed by atoms with Crippen LogP contribution in [0, 0.1) is 5.92 Å². The molecule has 1 N–H and O–H groups in total. The van der Waals surface area contributed by atoms with Crippen LogP contribution in [0.15, 0.2) is 114 Å². The van der Waals surface area contributed by atoms with E-state index in [4.69, 9.17) is 16.3 Å². The average Bonchev–Trinajstić information content (AvgIpc) is 3.05. The smallest absolute Gasteiger partial charge is 0.264 e. The molecule has 4 aromatic carbocycles. The molecule has 0 radical (unpaired) electrons. The van der Waals surface area contributed by atoms with E-state index >= 15 is 0 Å². The molecular weight excluding hydrogens is 610 g/mol. The van der Waals surface area contributed by atoms with Crippen LogP contribution in [-0.4, -0.2) is 51.4 Å². The minimum Gasteiger partial charge on any atom is -0.497 e.